The predicted molar refractivity (Wildman–Crippen MR) is 56.1 cm³/mol. The summed E-state index contributed by atoms with van der Waals surface area (Å²) in [6, 6.07) is 3.26. The minimum Gasteiger partial charge on any atom is -0.392 e. The van der Waals surface area contributed by atoms with E-state index in [0.29, 0.717) is 5.56 Å². The fourth-order valence-corrected chi connectivity index (χ4v) is 1.37. The van der Waals surface area contributed by atoms with E-state index >= 15 is 0 Å². The molecule has 2 heterocycles. The summed E-state index contributed by atoms with van der Waals surface area (Å²) in [5.74, 6) is 0.194. The van der Waals surface area contributed by atoms with Crippen LogP contribution >= 0.6 is 0 Å². The third kappa shape index (κ3) is 2.42. The molecular weight excluding hydrogens is 228 g/mol. The molecule has 0 amide bonds. The second-order valence-electron chi connectivity index (χ2n) is 3.30. The van der Waals surface area contributed by atoms with Gasteiger partial charge in [0.05, 0.1) is 6.61 Å². The van der Waals surface area contributed by atoms with Gasteiger partial charge < -0.3 is 5.11 Å². The number of aliphatic hydroxyl groups is 1. The van der Waals surface area contributed by atoms with E-state index in [1.54, 1.807) is 12.1 Å². The molecule has 0 aliphatic rings. The Morgan fingerprint density at radius 2 is 1.94 bits per heavy atom. The minimum atomic E-state index is -2.74. The molecule has 0 spiro atoms. The van der Waals surface area contributed by atoms with Gasteiger partial charge in [0.1, 0.15) is 5.69 Å². The summed E-state index contributed by atoms with van der Waals surface area (Å²) in [6.07, 6.45) is 1.53. The van der Waals surface area contributed by atoms with Gasteiger partial charge in [-0.1, -0.05) is 0 Å². The Balaban J connectivity index is 2.48. The number of pyridine rings is 1. The lowest BCUT2D eigenvalue weighted by atomic mass is 10.2. The van der Waals surface area contributed by atoms with Crippen LogP contribution in [-0.4, -0.2) is 20.1 Å². The maximum absolute atomic E-state index is 12.7. The molecule has 0 unspecified atom stereocenters. The molecule has 2 aromatic rings. The van der Waals surface area contributed by atoms with Crippen LogP contribution in [0.2, 0.25) is 0 Å². The summed E-state index contributed by atoms with van der Waals surface area (Å²) >= 11 is 0. The molecular formula is C11H9F2N3O. The van der Waals surface area contributed by atoms with Crippen LogP contribution in [-0.2, 0) is 6.61 Å². The van der Waals surface area contributed by atoms with Gasteiger partial charge in [0.15, 0.2) is 5.82 Å². The Morgan fingerprint density at radius 1 is 1.24 bits per heavy atom. The van der Waals surface area contributed by atoms with E-state index in [-0.39, 0.29) is 11.4 Å². The summed E-state index contributed by atoms with van der Waals surface area (Å²) in [7, 11) is 0. The van der Waals surface area contributed by atoms with Crippen LogP contribution in [0.4, 0.5) is 8.78 Å². The first kappa shape index (κ1) is 11.5. The number of aliphatic hydroxyl groups excluding tert-OH is 1. The van der Waals surface area contributed by atoms with E-state index in [9.17, 15) is 8.78 Å². The van der Waals surface area contributed by atoms with Crippen LogP contribution in [0.25, 0.3) is 11.4 Å². The highest BCUT2D eigenvalue weighted by molar-refractivity contribution is 5.53. The van der Waals surface area contributed by atoms with Crippen molar-refractivity contribution in [2.75, 3.05) is 0 Å². The van der Waals surface area contributed by atoms with Crippen LogP contribution < -0.4 is 0 Å². The van der Waals surface area contributed by atoms with Crippen LogP contribution in [0.5, 0.6) is 0 Å². The molecule has 6 heteroatoms. The summed E-state index contributed by atoms with van der Waals surface area (Å²) in [4.78, 5) is 11.5. The normalized spacial score (nSPS) is 10.8. The largest absolute Gasteiger partial charge is 0.392 e. The lowest BCUT2D eigenvalue weighted by molar-refractivity contribution is 0.141. The molecule has 0 aliphatic carbocycles. The zero-order valence-corrected chi connectivity index (χ0v) is 8.72. The van der Waals surface area contributed by atoms with Crippen molar-refractivity contribution in [3.8, 4) is 11.4 Å². The lowest BCUT2D eigenvalue weighted by Gasteiger charge is -2.07. The van der Waals surface area contributed by atoms with Crippen molar-refractivity contribution >= 4 is 0 Å². The molecule has 0 saturated carbocycles. The van der Waals surface area contributed by atoms with Crippen LogP contribution in [0.15, 0.2) is 30.7 Å². The van der Waals surface area contributed by atoms with Gasteiger partial charge in [-0.15, -0.1) is 0 Å². The second kappa shape index (κ2) is 4.92. The van der Waals surface area contributed by atoms with E-state index in [1.807, 2.05) is 0 Å². The summed E-state index contributed by atoms with van der Waals surface area (Å²) in [6.45, 7) is -0.504. The van der Waals surface area contributed by atoms with Gasteiger partial charge in [-0.2, -0.15) is 0 Å². The predicted octanol–water partition coefficient (Wildman–Crippen LogP) is 1.97. The number of halogens is 2. The maximum Gasteiger partial charge on any atom is 0.280 e. The molecule has 0 atom stereocenters. The lowest BCUT2D eigenvalue weighted by Crippen LogP contribution is -2.02. The van der Waals surface area contributed by atoms with Crippen molar-refractivity contribution in [1.82, 2.24) is 15.0 Å². The van der Waals surface area contributed by atoms with Gasteiger partial charge >= 0.3 is 0 Å². The van der Waals surface area contributed by atoms with Crippen molar-refractivity contribution in [2.45, 2.75) is 13.0 Å². The van der Waals surface area contributed by atoms with Crippen LogP contribution in [0.3, 0.4) is 0 Å². The molecule has 0 radical (unpaired) electrons. The van der Waals surface area contributed by atoms with Crippen LogP contribution in [0.1, 0.15) is 17.7 Å². The minimum absolute atomic E-state index is 0.0396. The number of aromatic nitrogens is 3. The monoisotopic (exact) mass is 237 g/mol. The Morgan fingerprint density at radius 3 is 2.53 bits per heavy atom. The fraction of sp³-hybridized carbons (Fsp3) is 0.182. The van der Waals surface area contributed by atoms with Crippen molar-refractivity contribution in [3.05, 3.63) is 42.0 Å². The first-order valence-corrected chi connectivity index (χ1v) is 4.87. The molecule has 88 valence electrons. The standard InChI is InChI=1S/C11H9F2N3O/c12-10(13)9-8(6-17)5-15-11(16-9)7-1-3-14-4-2-7/h1-5,10,17H,6H2. The number of hydrogen-bond donors (Lipinski definition) is 1. The van der Waals surface area contributed by atoms with Gasteiger partial charge in [-0.3, -0.25) is 4.98 Å². The van der Waals surface area contributed by atoms with Crippen molar-refractivity contribution in [1.29, 1.82) is 0 Å². The highest BCUT2D eigenvalue weighted by atomic mass is 19.3. The molecule has 0 bridgehead atoms. The smallest absolute Gasteiger partial charge is 0.280 e. The molecule has 2 rings (SSSR count). The van der Waals surface area contributed by atoms with Crippen molar-refractivity contribution in [2.24, 2.45) is 0 Å². The number of rotatable bonds is 3. The molecule has 4 nitrogen and oxygen atoms in total. The number of hydrogen-bond acceptors (Lipinski definition) is 4. The zero-order valence-electron chi connectivity index (χ0n) is 8.72. The zero-order chi connectivity index (χ0) is 12.3. The van der Waals surface area contributed by atoms with E-state index in [1.165, 1.54) is 18.6 Å². The van der Waals surface area contributed by atoms with E-state index < -0.39 is 18.7 Å². The average Bonchev–Trinajstić information content (AvgIpc) is 2.39. The summed E-state index contributed by atoms with van der Waals surface area (Å²) in [5, 5.41) is 8.91. The van der Waals surface area contributed by atoms with Gasteiger partial charge in [-0.25, -0.2) is 18.7 Å². The molecule has 2 aromatic heterocycles. The highest BCUT2D eigenvalue weighted by Crippen LogP contribution is 2.23. The first-order chi connectivity index (χ1) is 8.22. The second-order valence-corrected chi connectivity index (χ2v) is 3.30. The van der Waals surface area contributed by atoms with E-state index in [4.69, 9.17) is 5.11 Å². The molecule has 0 aliphatic heterocycles. The Kier molecular flexibility index (Phi) is 3.34. The Bertz CT molecular complexity index is 505. The average molecular weight is 237 g/mol. The maximum atomic E-state index is 12.7. The molecule has 0 fully saturated rings. The van der Waals surface area contributed by atoms with Crippen molar-refractivity contribution in [3.63, 3.8) is 0 Å². The number of alkyl halides is 2. The molecule has 0 aromatic carbocycles. The van der Waals surface area contributed by atoms with Gasteiger partial charge in [0, 0.05) is 29.7 Å². The van der Waals surface area contributed by atoms with Gasteiger partial charge in [0.2, 0.25) is 0 Å². The summed E-state index contributed by atoms with van der Waals surface area (Å²) in [5.41, 5.74) is 0.207. The molecule has 0 saturated heterocycles. The number of nitrogens with zero attached hydrogens (tertiary/aromatic N) is 3. The topological polar surface area (TPSA) is 58.9 Å². The Labute approximate surface area is 96.0 Å². The van der Waals surface area contributed by atoms with Crippen molar-refractivity contribution < 1.29 is 13.9 Å². The van der Waals surface area contributed by atoms with Crippen LogP contribution in [0, 0.1) is 0 Å². The SMILES string of the molecule is OCc1cnc(-c2ccncc2)nc1C(F)F. The van der Waals surface area contributed by atoms with Gasteiger partial charge in [0.25, 0.3) is 6.43 Å². The quantitative estimate of drug-likeness (QED) is 0.886. The van der Waals surface area contributed by atoms with Gasteiger partial charge in [-0.05, 0) is 12.1 Å². The molecule has 17 heavy (non-hydrogen) atoms. The summed E-state index contributed by atoms with van der Waals surface area (Å²) < 4.78 is 25.4. The fourth-order valence-electron chi connectivity index (χ4n) is 1.37. The Hall–Kier alpha value is -1.95. The first-order valence-electron chi connectivity index (χ1n) is 4.87. The van der Waals surface area contributed by atoms with E-state index in [2.05, 4.69) is 15.0 Å². The molecule has 1 N–H and O–H groups in total. The third-order valence-corrected chi connectivity index (χ3v) is 2.21. The van der Waals surface area contributed by atoms with E-state index in [0.717, 1.165) is 0 Å². The highest BCUT2D eigenvalue weighted by Gasteiger charge is 2.16. The third-order valence-electron chi connectivity index (χ3n) is 2.21.